The van der Waals surface area contributed by atoms with Crippen LogP contribution in [0.4, 0.5) is 0 Å². The first-order valence-electron chi connectivity index (χ1n) is 8.14. The summed E-state index contributed by atoms with van der Waals surface area (Å²) < 4.78 is 0. The van der Waals surface area contributed by atoms with Gasteiger partial charge in [0.25, 0.3) is 0 Å². The Morgan fingerprint density at radius 2 is 1.39 bits per heavy atom. The monoisotopic (exact) mass is 321 g/mol. The second kappa shape index (κ2) is 7.25. The van der Waals surface area contributed by atoms with Gasteiger partial charge in [-0.2, -0.15) is 0 Å². The molecule has 0 N–H and O–H groups in total. The van der Waals surface area contributed by atoms with Crippen molar-refractivity contribution in [2.45, 2.75) is 19.4 Å². The van der Waals surface area contributed by atoms with Gasteiger partial charge in [-0.05, 0) is 56.9 Å². The lowest BCUT2D eigenvalue weighted by molar-refractivity contribution is 0.354. The van der Waals surface area contributed by atoms with E-state index in [1.54, 1.807) is 5.31 Å². The Kier molecular flexibility index (Phi) is 5.10. The maximum atomic E-state index is 2.33. The molecule has 1 aliphatic rings. The van der Waals surface area contributed by atoms with Crippen LogP contribution in [-0.2, 0) is 0 Å². The zero-order valence-corrected chi connectivity index (χ0v) is 15.0. The second-order valence-electron chi connectivity index (χ2n) is 6.15. The van der Waals surface area contributed by atoms with Crippen LogP contribution in [0.2, 0.25) is 0 Å². The van der Waals surface area contributed by atoms with E-state index in [4.69, 9.17) is 0 Å². The highest BCUT2D eigenvalue weighted by Gasteiger charge is 2.25. The summed E-state index contributed by atoms with van der Waals surface area (Å²) in [6.07, 6.45) is 5.73. The molecule has 3 rings (SSSR count). The quantitative estimate of drug-likeness (QED) is 0.743. The van der Waals surface area contributed by atoms with Gasteiger partial charge in [0, 0.05) is 6.04 Å². The molecule has 0 fully saturated rings. The molecule has 1 nitrogen and oxygen atoms in total. The number of rotatable bonds is 5. The molecule has 2 aromatic carbocycles. The predicted octanol–water partition coefficient (Wildman–Crippen LogP) is 4.28. The first-order chi connectivity index (χ1) is 11.2. The predicted molar refractivity (Wildman–Crippen MR) is 103 cm³/mol. The fourth-order valence-corrected chi connectivity index (χ4v) is 5.67. The zero-order valence-electron chi connectivity index (χ0n) is 14.1. The van der Waals surface area contributed by atoms with Gasteiger partial charge in [-0.25, -0.2) is 0 Å². The molecule has 23 heavy (non-hydrogen) atoms. The van der Waals surface area contributed by atoms with Crippen LogP contribution < -0.4 is 10.6 Å². The van der Waals surface area contributed by atoms with Crippen LogP contribution in [0, 0.1) is 0 Å². The highest BCUT2D eigenvalue weighted by atomic mass is 31.1. The molecule has 2 heteroatoms. The molecule has 0 saturated heterocycles. The Labute approximate surface area is 141 Å². The van der Waals surface area contributed by atoms with Crippen LogP contribution in [0.15, 0.2) is 83.7 Å². The summed E-state index contributed by atoms with van der Waals surface area (Å²) in [5, 5.41) is 4.48. The summed E-state index contributed by atoms with van der Waals surface area (Å²) >= 11 is 0. The third-order valence-corrected chi connectivity index (χ3v) is 7.07. The maximum Gasteiger partial charge on any atom is 0.0317 e. The molecule has 0 spiro atoms. The van der Waals surface area contributed by atoms with Crippen molar-refractivity contribution in [3.63, 3.8) is 0 Å². The van der Waals surface area contributed by atoms with E-state index in [2.05, 4.69) is 98.7 Å². The van der Waals surface area contributed by atoms with Crippen LogP contribution in [0.1, 0.15) is 13.3 Å². The van der Waals surface area contributed by atoms with E-state index in [9.17, 15) is 0 Å². The Hall–Kier alpha value is -1.69. The number of nitrogens with zero attached hydrogens (tertiary/aromatic N) is 1. The van der Waals surface area contributed by atoms with Gasteiger partial charge in [-0.1, -0.05) is 72.8 Å². The third kappa shape index (κ3) is 3.47. The van der Waals surface area contributed by atoms with Crippen molar-refractivity contribution in [1.82, 2.24) is 4.90 Å². The lowest BCUT2D eigenvalue weighted by atomic mass is 10.1. The molecule has 1 aliphatic carbocycles. The average Bonchev–Trinajstić information content (AvgIpc) is 3.05. The lowest BCUT2D eigenvalue weighted by Gasteiger charge is -2.27. The SMILES string of the molecule is C[C@@H](C1=C(P(c2ccccc2)c2ccccc2)CC=C1)N(C)C. The van der Waals surface area contributed by atoms with Crippen LogP contribution in [0.5, 0.6) is 0 Å². The number of benzene rings is 2. The number of hydrogen-bond donors (Lipinski definition) is 0. The van der Waals surface area contributed by atoms with E-state index in [0.717, 1.165) is 6.42 Å². The molecular formula is C21H24NP. The van der Waals surface area contributed by atoms with Crippen molar-refractivity contribution in [3.05, 3.63) is 83.7 Å². The highest BCUT2D eigenvalue weighted by molar-refractivity contribution is 7.76. The van der Waals surface area contributed by atoms with Gasteiger partial charge in [0.2, 0.25) is 0 Å². The molecule has 0 amide bonds. The summed E-state index contributed by atoms with van der Waals surface area (Å²) in [4.78, 5) is 2.30. The fraction of sp³-hybridized carbons (Fsp3) is 0.238. The van der Waals surface area contributed by atoms with E-state index >= 15 is 0 Å². The standard InChI is InChI=1S/C21H24NP/c1-17(22(2)3)20-15-10-16-21(20)23(18-11-6-4-7-12-18)19-13-8-5-9-14-19/h4-15,17H,16H2,1-3H3/t17-/m0/s1. The first-order valence-corrected chi connectivity index (χ1v) is 9.49. The summed E-state index contributed by atoms with van der Waals surface area (Å²) in [5.74, 6) is 0. The number of allylic oxidation sites excluding steroid dienone is 2. The molecule has 0 bridgehead atoms. The molecule has 2 aromatic rings. The van der Waals surface area contributed by atoms with Crippen molar-refractivity contribution in [2.24, 2.45) is 0 Å². The van der Waals surface area contributed by atoms with Crippen molar-refractivity contribution >= 4 is 18.5 Å². The summed E-state index contributed by atoms with van der Waals surface area (Å²) in [5.41, 5.74) is 1.49. The molecule has 118 valence electrons. The van der Waals surface area contributed by atoms with E-state index in [1.165, 1.54) is 16.2 Å². The number of likely N-dealkylation sites (N-methyl/N-ethyl adjacent to an activating group) is 1. The normalized spacial score (nSPS) is 15.7. The minimum atomic E-state index is -0.458. The Balaban J connectivity index is 2.11. The molecule has 0 aliphatic heterocycles. The smallest absolute Gasteiger partial charge is 0.0317 e. The average molecular weight is 321 g/mol. The van der Waals surface area contributed by atoms with E-state index in [0.29, 0.717) is 6.04 Å². The van der Waals surface area contributed by atoms with Gasteiger partial charge < -0.3 is 4.90 Å². The van der Waals surface area contributed by atoms with Crippen molar-refractivity contribution in [2.75, 3.05) is 14.1 Å². The lowest BCUT2D eigenvalue weighted by Crippen LogP contribution is -2.27. The first kappa shape index (κ1) is 16.2. The van der Waals surface area contributed by atoms with Gasteiger partial charge in [0.1, 0.15) is 0 Å². The third-order valence-electron chi connectivity index (χ3n) is 4.47. The zero-order chi connectivity index (χ0) is 16.2. The molecule has 0 heterocycles. The van der Waals surface area contributed by atoms with Crippen molar-refractivity contribution in [3.8, 4) is 0 Å². The summed E-state index contributed by atoms with van der Waals surface area (Å²) in [6, 6.07) is 22.4. The molecule has 0 unspecified atom stereocenters. The Morgan fingerprint density at radius 1 is 0.870 bits per heavy atom. The van der Waals surface area contributed by atoms with Gasteiger partial charge >= 0.3 is 0 Å². The fourth-order valence-electron chi connectivity index (χ4n) is 3.01. The second-order valence-corrected chi connectivity index (χ2v) is 8.40. The van der Waals surface area contributed by atoms with E-state index in [1.807, 2.05) is 0 Å². The van der Waals surface area contributed by atoms with Crippen LogP contribution >= 0.6 is 7.92 Å². The molecular weight excluding hydrogens is 297 g/mol. The maximum absolute atomic E-state index is 2.33. The molecule has 0 saturated carbocycles. The van der Waals surface area contributed by atoms with Crippen LogP contribution in [-0.4, -0.2) is 25.0 Å². The molecule has 0 radical (unpaired) electrons. The van der Waals surface area contributed by atoms with Gasteiger partial charge in [-0.15, -0.1) is 0 Å². The van der Waals surface area contributed by atoms with Gasteiger partial charge in [0.05, 0.1) is 0 Å². The van der Waals surface area contributed by atoms with Gasteiger partial charge in [0.15, 0.2) is 0 Å². The number of hydrogen-bond acceptors (Lipinski definition) is 1. The molecule has 0 aromatic heterocycles. The Morgan fingerprint density at radius 3 is 1.87 bits per heavy atom. The van der Waals surface area contributed by atoms with E-state index < -0.39 is 7.92 Å². The Bertz CT molecular complexity index is 662. The van der Waals surface area contributed by atoms with E-state index in [-0.39, 0.29) is 0 Å². The topological polar surface area (TPSA) is 3.24 Å². The minimum absolute atomic E-state index is 0.446. The largest absolute Gasteiger partial charge is 0.303 e. The minimum Gasteiger partial charge on any atom is -0.303 e. The summed E-state index contributed by atoms with van der Waals surface area (Å²) in [6.45, 7) is 2.30. The van der Waals surface area contributed by atoms with Crippen molar-refractivity contribution < 1.29 is 0 Å². The molecule has 1 atom stereocenters. The van der Waals surface area contributed by atoms with Crippen LogP contribution in [0.3, 0.4) is 0 Å². The summed E-state index contributed by atoms with van der Waals surface area (Å²) in [7, 11) is 3.86. The van der Waals surface area contributed by atoms with Gasteiger partial charge in [-0.3, -0.25) is 0 Å². The van der Waals surface area contributed by atoms with Crippen LogP contribution in [0.25, 0.3) is 0 Å². The van der Waals surface area contributed by atoms with Crippen molar-refractivity contribution in [1.29, 1.82) is 0 Å². The highest BCUT2D eigenvalue weighted by Crippen LogP contribution is 2.49.